The third-order valence-electron chi connectivity index (χ3n) is 3.15. The van der Waals surface area contributed by atoms with Gasteiger partial charge < -0.3 is 14.6 Å². The maximum absolute atomic E-state index is 9.88. The normalized spacial score (nSPS) is 22.7. The average Bonchev–Trinajstić information content (AvgIpc) is 2.37. The molecule has 0 bridgehead atoms. The van der Waals surface area contributed by atoms with Crippen molar-refractivity contribution in [3.8, 4) is 12.3 Å². The Labute approximate surface area is 104 Å². The molecule has 1 rings (SSSR count). The fourth-order valence-corrected chi connectivity index (χ4v) is 1.66. The molecule has 98 valence electrons. The van der Waals surface area contributed by atoms with E-state index in [-0.39, 0.29) is 6.61 Å². The number of morpholine rings is 1. The van der Waals surface area contributed by atoms with Crippen LogP contribution in [0.4, 0.5) is 0 Å². The zero-order valence-corrected chi connectivity index (χ0v) is 10.8. The highest BCUT2D eigenvalue weighted by Crippen LogP contribution is 2.14. The first kappa shape index (κ1) is 14.5. The van der Waals surface area contributed by atoms with E-state index < -0.39 is 11.7 Å². The van der Waals surface area contributed by atoms with Crippen LogP contribution < -0.4 is 0 Å². The van der Waals surface area contributed by atoms with Crippen molar-refractivity contribution in [1.29, 1.82) is 0 Å². The van der Waals surface area contributed by atoms with Crippen molar-refractivity contribution in [2.75, 3.05) is 39.5 Å². The first-order chi connectivity index (χ1) is 8.09. The molecule has 1 heterocycles. The van der Waals surface area contributed by atoms with Crippen molar-refractivity contribution in [3.05, 3.63) is 0 Å². The molecule has 0 aromatic rings. The minimum Gasteiger partial charge on any atom is -0.389 e. The summed E-state index contributed by atoms with van der Waals surface area (Å²) in [5.74, 6) is 2.62. The quantitative estimate of drug-likeness (QED) is 0.688. The van der Waals surface area contributed by atoms with Crippen molar-refractivity contribution < 1.29 is 14.6 Å². The zero-order valence-electron chi connectivity index (χ0n) is 10.8. The van der Waals surface area contributed by atoms with Crippen LogP contribution in [0.5, 0.6) is 0 Å². The minimum atomic E-state index is -0.564. The molecule has 0 radical (unpaired) electrons. The lowest BCUT2D eigenvalue weighted by atomic mass is 10.1. The summed E-state index contributed by atoms with van der Waals surface area (Å²) in [6.45, 7) is 7.98. The molecule has 2 unspecified atom stereocenters. The standard InChI is InChI=1S/C13H23NO3/c1-4-13(3,5-2)17-11-12(15)10-14-6-8-16-9-7-14/h1,12,15H,5-11H2,2-3H3. The van der Waals surface area contributed by atoms with Crippen molar-refractivity contribution in [2.24, 2.45) is 0 Å². The van der Waals surface area contributed by atoms with Crippen LogP contribution in [0, 0.1) is 12.3 Å². The molecule has 2 atom stereocenters. The Morgan fingerprint density at radius 3 is 2.71 bits per heavy atom. The van der Waals surface area contributed by atoms with E-state index in [9.17, 15) is 5.11 Å². The van der Waals surface area contributed by atoms with Crippen LogP contribution in [0.1, 0.15) is 20.3 Å². The number of hydrogen-bond donors (Lipinski definition) is 1. The van der Waals surface area contributed by atoms with Crippen LogP contribution in [0.3, 0.4) is 0 Å². The highest BCUT2D eigenvalue weighted by atomic mass is 16.5. The number of terminal acetylenes is 1. The van der Waals surface area contributed by atoms with E-state index in [0.29, 0.717) is 6.54 Å². The summed E-state index contributed by atoms with van der Waals surface area (Å²) in [7, 11) is 0. The maximum Gasteiger partial charge on any atom is 0.125 e. The third-order valence-corrected chi connectivity index (χ3v) is 3.15. The summed E-state index contributed by atoms with van der Waals surface area (Å²) in [5.41, 5.74) is -0.564. The van der Waals surface area contributed by atoms with Crippen LogP contribution in [0.15, 0.2) is 0 Å². The molecule has 4 heteroatoms. The molecule has 0 aromatic heterocycles. The van der Waals surface area contributed by atoms with Crippen molar-refractivity contribution in [3.63, 3.8) is 0 Å². The first-order valence-electron chi connectivity index (χ1n) is 6.19. The van der Waals surface area contributed by atoms with E-state index >= 15 is 0 Å². The molecule has 1 N–H and O–H groups in total. The van der Waals surface area contributed by atoms with Gasteiger partial charge in [0.05, 0.1) is 25.9 Å². The van der Waals surface area contributed by atoms with Crippen molar-refractivity contribution >= 4 is 0 Å². The Balaban J connectivity index is 2.24. The van der Waals surface area contributed by atoms with E-state index in [2.05, 4.69) is 10.8 Å². The van der Waals surface area contributed by atoms with E-state index in [1.165, 1.54) is 0 Å². The molecule has 1 aliphatic rings. The second kappa shape index (κ2) is 6.97. The third kappa shape index (κ3) is 5.05. The Morgan fingerprint density at radius 1 is 1.53 bits per heavy atom. The Hall–Kier alpha value is -0.600. The number of aliphatic hydroxyl groups is 1. The van der Waals surface area contributed by atoms with Gasteiger partial charge in [-0.2, -0.15) is 0 Å². The predicted octanol–water partition coefficient (Wildman–Crippen LogP) is 0.498. The van der Waals surface area contributed by atoms with E-state index in [4.69, 9.17) is 15.9 Å². The highest BCUT2D eigenvalue weighted by Gasteiger charge is 2.22. The summed E-state index contributed by atoms with van der Waals surface area (Å²) in [6.07, 6.45) is 5.66. The second-order valence-electron chi connectivity index (χ2n) is 4.61. The minimum absolute atomic E-state index is 0.284. The Kier molecular flexibility index (Phi) is 5.93. The van der Waals surface area contributed by atoms with Gasteiger partial charge in [-0.1, -0.05) is 12.8 Å². The molecule has 1 fully saturated rings. The number of nitrogens with zero attached hydrogens (tertiary/aromatic N) is 1. The topological polar surface area (TPSA) is 41.9 Å². The monoisotopic (exact) mass is 241 g/mol. The number of ether oxygens (including phenoxy) is 2. The van der Waals surface area contributed by atoms with Gasteiger partial charge >= 0.3 is 0 Å². The molecule has 0 aromatic carbocycles. The van der Waals surface area contributed by atoms with Gasteiger partial charge in [-0.05, 0) is 13.3 Å². The fraction of sp³-hybridized carbons (Fsp3) is 0.846. The van der Waals surface area contributed by atoms with Crippen LogP contribution in [-0.4, -0.2) is 61.2 Å². The first-order valence-corrected chi connectivity index (χ1v) is 6.19. The summed E-state index contributed by atoms with van der Waals surface area (Å²) in [4.78, 5) is 2.18. The highest BCUT2D eigenvalue weighted by molar-refractivity contribution is 5.05. The Bertz CT molecular complexity index is 258. The molecule has 0 aliphatic carbocycles. The van der Waals surface area contributed by atoms with Gasteiger partial charge in [0, 0.05) is 19.6 Å². The van der Waals surface area contributed by atoms with Crippen LogP contribution >= 0.6 is 0 Å². The molecular weight excluding hydrogens is 218 g/mol. The van der Waals surface area contributed by atoms with Gasteiger partial charge in [-0.3, -0.25) is 4.90 Å². The molecular formula is C13H23NO3. The number of β-amino-alcohol motifs (C(OH)–C–C–N with tert-alkyl or cyclic N) is 1. The maximum atomic E-state index is 9.88. The second-order valence-corrected chi connectivity index (χ2v) is 4.61. The molecule has 0 spiro atoms. The number of hydrogen-bond acceptors (Lipinski definition) is 4. The van der Waals surface area contributed by atoms with Crippen LogP contribution in [-0.2, 0) is 9.47 Å². The van der Waals surface area contributed by atoms with E-state index in [0.717, 1.165) is 32.7 Å². The van der Waals surface area contributed by atoms with Crippen molar-refractivity contribution in [2.45, 2.75) is 32.0 Å². The summed E-state index contributed by atoms with van der Waals surface area (Å²) >= 11 is 0. The number of rotatable bonds is 6. The summed E-state index contributed by atoms with van der Waals surface area (Å²) in [6, 6.07) is 0. The van der Waals surface area contributed by atoms with E-state index in [1.807, 2.05) is 13.8 Å². The smallest absolute Gasteiger partial charge is 0.125 e. The molecule has 1 saturated heterocycles. The number of aliphatic hydroxyl groups excluding tert-OH is 1. The van der Waals surface area contributed by atoms with Gasteiger partial charge in [-0.15, -0.1) is 6.42 Å². The van der Waals surface area contributed by atoms with Gasteiger partial charge in [0.2, 0.25) is 0 Å². The zero-order chi connectivity index (χ0) is 12.7. The van der Waals surface area contributed by atoms with Crippen LogP contribution in [0.25, 0.3) is 0 Å². The van der Waals surface area contributed by atoms with Crippen LogP contribution in [0.2, 0.25) is 0 Å². The molecule has 4 nitrogen and oxygen atoms in total. The SMILES string of the molecule is C#CC(C)(CC)OCC(O)CN1CCOCC1. The lowest BCUT2D eigenvalue weighted by Gasteiger charge is -2.30. The molecule has 0 amide bonds. The summed E-state index contributed by atoms with van der Waals surface area (Å²) in [5, 5.41) is 9.88. The average molecular weight is 241 g/mol. The Morgan fingerprint density at radius 2 is 2.18 bits per heavy atom. The van der Waals surface area contributed by atoms with Gasteiger partial charge in [0.1, 0.15) is 5.60 Å². The lowest BCUT2D eigenvalue weighted by molar-refractivity contribution is -0.0558. The lowest BCUT2D eigenvalue weighted by Crippen LogP contribution is -2.43. The molecule has 0 saturated carbocycles. The largest absolute Gasteiger partial charge is 0.389 e. The van der Waals surface area contributed by atoms with Gasteiger partial charge in [0.15, 0.2) is 0 Å². The molecule has 17 heavy (non-hydrogen) atoms. The predicted molar refractivity (Wildman–Crippen MR) is 66.7 cm³/mol. The van der Waals surface area contributed by atoms with E-state index in [1.54, 1.807) is 0 Å². The van der Waals surface area contributed by atoms with Crippen molar-refractivity contribution in [1.82, 2.24) is 4.90 Å². The fourth-order valence-electron chi connectivity index (χ4n) is 1.66. The van der Waals surface area contributed by atoms with Gasteiger partial charge in [0.25, 0.3) is 0 Å². The molecule has 1 aliphatic heterocycles. The van der Waals surface area contributed by atoms with Gasteiger partial charge in [-0.25, -0.2) is 0 Å². The summed E-state index contributed by atoms with van der Waals surface area (Å²) < 4.78 is 10.8.